The van der Waals surface area contributed by atoms with Gasteiger partial charge in [0.25, 0.3) is 0 Å². The predicted molar refractivity (Wildman–Crippen MR) is 95.0 cm³/mol. The molecule has 8 atom stereocenters. The summed E-state index contributed by atoms with van der Waals surface area (Å²) in [4.78, 5) is 0. The Balaban J connectivity index is 1.48. The molecule has 1 saturated heterocycles. The predicted octanol–water partition coefficient (Wildman–Crippen LogP) is 3.70. The van der Waals surface area contributed by atoms with Crippen molar-refractivity contribution < 1.29 is 14.6 Å². The molecule has 1 N–H and O–H groups in total. The molecule has 0 amide bonds. The summed E-state index contributed by atoms with van der Waals surface area (Å²) in [6.45, 7) is 8.06. The number of ether oxygens (including phenoxy) is 2. The molecule has 4 saturated carbocycles. The van der Waals surface area contributed by atoms with E-state index in [1.165, 1.54) is 25.7 Å². The largest absolute Gasteiger partial charge is 0.393 e. The van der Waals surface area contributed by atoms with Gasteiger partial charge in [-0.1, -0.05) is 32.4 Å². The van der Waals surface area contributed by atoms with E-state index in [0.717, 1.165) is 31.3 Å². The third-order valence-electron chi connectivity index (χ3n) is 10.4. The maximum atomic E-state index is 10.7. The van der Waals surface area contributed by atoms with E-state index >= 15 is 0 Å². The lowest BCUT2D eigenvalue weighted by molar-refractivity contribution is -0.249. The van der Waals surface area contributed by atoms with Gasteiger partial charge in [0, 0.05) is 18.9 Å². The summed E-state index contributed by atoms with van der Waals surface area (Å²) in [6, 6.07) is 0. The zero-order valence-electron chi connectivity index (χ0n) is 16.1. The van der Waals surface area contributed by atoms with Crippen molar-refractivity contribution in [1.82, 2.24) is 0 Å². The van der Waals surface area contributed by atoms with E-state index < -0.39 is 0 Å². The Hall–Kier alpha value is -0.380. The second-order valence-electron chi connectivity index (χ2n) is 10.8. The molecule has 0 aromatic carbocycles. The molecule has 1 heterocycles. The van der Waals surface area contributed by atoms with Crippen molar-refractivity contribution in [3.63, 3.8) is 0 Å². The summed E-state index contributed by atoms with van der Waals surface area (Å²) in [7, 11) is 1.90. The third kappa shape index (κ3) is 1.23. The molecular formula is C22H32O3. The molecule has 0 unspecified atom stereocenters. The molecule has 1 aliphatic heterocycles. The molecule has 0 aromatic heterocycles. The molecule has 2 spiro atoms. The molecular weight excluding hydrogens is 312 g/mol. The van der Waals surface area contributed by atoms with Gasteiger partial charge in [-0.05, 0) is 55.3 Å². The number of methoxy groups -OCH3 is 1. The number of hydrogen-bond donors (Lipinski definition) is 1. The van der Waals surface area contributed by atoms with Crippen molar-refractivity contribution in [3.8, 4) is 0 Å². The first kappa shape index (κ1) is 15.7. The van der Waals surface area contributed by atoms with Crippen molar-refractivity contribution in [1.29, 1.82) is 0 Å². The monoisotopic (exact) mass is 344 g/mol. The Labute approximate surface area is 151 Å². The van der Waals surface area contributed by atoms with E-state index in [0.29, 0.717) is 5.92 Å². The van der Waals surface area contributed by atoms with Crippen molar-refractivity contribution in [2.24, 2.45) is 34.0 Å². The fraction of sp³-hybridized carbons (Fsp3) is 0.909. The zero-order chi connectivity index (χ0) is 17.5. The lowest BCUT2D eigenvalue weighted by atomic mass is 9.46. The van der Waals surface area contributed by atoms with Crippen LogP contribution in [0.15, 0.2) is 11.6 Å². The summed E-state index contributed by atoms with van der Waals surface area (Å²) in [5.41, 5.74) is 1.97. The average molecular weight is 344 g/mol. The second kappa shape index (κ2) is 4.05. The van der Waals surface area contributed by atoms with E-state index in [1.54, 1.807) is 5.57 Å². The van der Waals surface area contributed by atoms with Gasteiger partial charge in [0.05, 0.1) is 18.1 Å². The number of hydrogen-bond acceptors (Lipinski definition) is 3. The smallest absolute Gasteiger partial charge is 0.113 e. The molecule has 0 radical (unpaired) electrons. The minimum absolute atomic E-state index is 0.0433. The normalized spacial score (nSPS) is 62.7. The molecule has 5 fully saturated rings. The van der Waals surface area contributed by atoms with Gasteiger partial charge >= 0.3 is 0 Å². The van der Waals surface area contributed by atoms with Crippen molar-refractivity contribution >= 4 is 0 Å². The summed E-state index contributed by atoms with van der Waals surface area (Å²) < 4.78 is 12.6. The highest BCUT2D eigenvalue weighted by molar-refractivity contribution is 5.56. The molecule has 138 valence electrons. The highest BCUT2D eigenvalue weighted by Crippen LogP contribution is 2.88. The molecule has 6 rings (SSSR count). The Morgan fingerprint density at radius 2 is 1.96 bits per heavy atom. The quantitative estimate of drug-likeness (QED) is 0.737. The van der Waals surface area contributed by atoms with Crippen LogP contribution in [0.4, 0.5) is 0 Å². The number of aliphatic hydroxyl groups excluding tert-OH is 1. The van der Waals surface area contributed by atoms with Crippen LogP contribution in [0, 0.1) is 34.0 Å². The molecule has 25 heavy (non-hydrogen) atoms. The lowest BCUT2D eigenvalue weighted by Crippen LogP contribution is -2.64. The van der Waals surface area contributed by atoms with Gasteiger partial charge in [-0.2, -0.15) is 0 Å². The Kier molecular flexibility index (Phi) is 2.54. The van der Waals surface area contributed by atoms with Crippen LogP contribution in [-0.2, 0) is 9.47 Å². The van der Waals surface area contributed by atoms with Gasteiger partial charge in [0.15, 0.2) is 0 Å². The van der Waals surface area contributed by atoms with Crippen LogP contribution in [0.25, 0.3) is 0 Å². The van der Waals surface area contributed by atoms with E-state index in [-0.39, 0.29) is 33.6 Å². The standard InChI is InChI=1S/C22H32O3/c1-18(2)16-7-5-13-14-6-8-17(23)19(14,3)10-9-15(13)20(16)12-25-22(20)11-21(18,22)24-4/h7,13-15,17,23H,5-6,8-12H2,1-4H3/t13-,14-,15-,17+,19-,20+,21-,22+/m0/s1. The molecule has 0 aromatic rings. The van der Waals surface area contributed by atoms with E-state index in [2.05, 4.69) is 26.8 Å². The number of fused-ring (bicyclic) bond motifs is 3. The first-order chi connectivity index (χ1) is 11.8. The minimum Gasteiger partial charge on any atom is -0.393 e. The zero-order valence-corrected chi connectivity index (χ0v) is 16.1. The summed E-state index contributed by atoms with van der Waals surface area (Å²) in [5.74, 6) is 2.14. The van der Waals surface area contributed by atoms with Gasteiger partial charge in [0.1, 0.15) is 11.2 Å². The van der Waals surface area contributed by atoms with Crippen molar-refractivity contribution in [2.75, 3.05) is 13.7 Å². The average Bonchev–Trinajstić information content (AvgIpc) is 3.22. The van der Waals surface area contributed by atoms with Crippen molar-refractivity contribution in [3.05, 3.63) is 11.6 Å². The highest BCUT2D eigenvalue weighted by atomic mass is 16.6. The third-order valence-corrected chi connectivity index (χ3v) is 10.4. The Morgan fingerprint density at radius 3 is 2.64 bits per heavy atom. The van der Waals surface area contributed by atoms with Crippen molar-refractivity contribution in [2.45, 2.75) is 76.6 Å². The summed E-state index contributed by atoms with van der Waals surface area (Å²) >= 11 is 0. The van der Waals surface area contributed by atoms with Crippen LogP contribution in [0.1, 0.15) is 59.3 Å². The van der Waals surface area contributed by atoms with Gasteiger partial charge in [-0.25, -0.2) is 0 Å². The fourth-order valence-corrected chi connectivity index (χ4v) is 9.18. The summed E-state index contributed by atoms with van der Waals surface area (Å²) in [6.07, 6.45) is 9.44. The highest BCUT2D eigenvalue weighted by Gasteiger charge is 2.95. The van der Waals surface area contributed by atoms with E-state index in [9.17, 15) is 5.11 Å². The molecule has 3 heteroatoms. The van der Waals surface area contributed by atoms with Gasteiger partial charge in [-0.15, -0.1) is 0 Å². The van der Waals surface area contributed by atoms with Crippen LogP contribution < -0.4 is 0 Å². The van der Waals surface area contributed by atoms with Crippen LogP contribution in [0.5, 0.6) is 0 Å². The first-order valence-electron chi connectivity index (χ1n) is 10.4. The van der Waals surface area contributed by atoms with E-state index in [4.69, 9.17) is 9.47 Å². The summed E-state index contributed by atoms with van der Waals surface area (Å²) in [5, 5.41) is 10.7. The second-order valence-corrected chi connectivity index (χ2v) is 10.8. The maximum Gasteiger partial charge on any atom is 0.113 e. The SMILES string of the molecule is CO[C@]12C[C@]13OC[C@@]31C(=CC[C@H]3[C@@H]4CC[C@@H](O)[C@@]4(C)CC[C@@H]31)C2(C)C. The molecule has 6 aliphatic rings. The minimum atomic E-state index is -0.102. The topological polar surface area (TPSA) is 38.7 Å². The Bertz CT molecular complexity index is 697. The van der Waals surface area contributed by atoms with Crippen LogP contribution >= 0.6 is 0 Å². The van der Waals surface area contributed by atoms with Gasteiger partial charge in [-0.3, -0.25) is 0 Å². The number of rotatable bonds is 1. The lowest BCUT2D eigenvalue weighted by Gasteiger charge is -2.62. The molecule has 3 nitrogen and oxygen atoms in total. The van der Waals surface area contributed by atoms with Crippen LogP contribution in [-0.4, -0.2) is 36.1 Å². The van der Waals surface area contributed by atoms with E-state index in [1.807, 2.05) is 7.11 Å². The maximum absolute atomic E-state index is 10.7. The fourth-order valence-electron chi connectivity index (χ4n) is 9.18. The number of aliphatic hydroxyl groups is 1. The van der Waals surface area contributed by atoms with Gasteiger partial charge in [0.2, 0.25) is 0 Å². The van der Waals surface area contributed by atoms with Crippen LogP contribution in [0.3, 0.4) is 0 Å². The van der Waals surface area contributed by atoms with Gasteiger partial charge < -0.3 is 14.6 Å². The molecule has 5 aliphatic carbocycles. The first-order valence-corrected chi connectivity index (χ1v) is 10.4. The molecule has 0 bridgehead atoms. The Morgan fingerprint density at radius 1 is 1.16 bits per heavy atom. The van der Waals surface area contributed by atoms with Crippen LogP contribution in [0.2, 0.25) is 0 Å². The number of allylic oxidation sites excluding steroid dienone is 1.